The van der Waals surface area contributed by atoms with E-state index in [0.29, 0.717) is 20.6 Å². The molecule has 1 aliphatic heterocycles. The van der Waals surface area contributed by atoms with Gasteiger partial charge in [0.15, 0.2) is 4.80 Å². The first-order valence-electron chi connectivity index (χ1n) is 13.7. The molecule has 3 aromatic carbocycles. The van der Waals surface area contributed by atoms with Crippen LogP contribution >= 0.6 is 23.1 Å². The lowest BCUT2D eigenvalue weighted by Crippen LogP contribution is -2.40. The normalized spacial score (nSPS) is 15.6. The lowest BCUT2D eigenvalue weighted by atomic mass is 9.96. The lowest BCUT2D eigenvalue weighted by Gasteiger charge is -2.25. The number of ether oxygens (including phenoxy) is 1. The molecule has 1 atom stereocenters. The van der Waals surface area contributed by atoms with Crippen molar-refractivity contribution in [3.63, 3.8) is 0 Å². The van der Waals surface area contributed by atoms with Crippen LogP contribution in [-0.2, 0) is 16.1 Å². The van der Waals surface area contributed by atoms with Gasteiger partial charge in [-0.3, -0.25) is 9.36 Å². The molecule has 0 bridgehead atoms. The minimum absolute atomic E-state index is 0.175. The molecule has 6 nitrogen and oxygen atoms in total. The summed E-state index contributed by atoms with van der Waals surface area (Å²) >= 11 is 2.99. The Labute approximate surface area is 246 Å². The second-order valence-electron chi connectivity index (χ2n) is 10.3. The number of allylic oxidation sites excluding steroid dienone is 1. The predicted molar refractivity (Wildman–Crippen MR) is 168 cm³/mol. The van der Waals surface area contributed by atoms with Crippen molar-refractivity contribution in [3.8, 4) is 0 Å². The number of thioether (sulfide) groups is 1. The van der Waals surface area contributed by atoms with Gasteiger partial charge in [-0.2, -0.15) is 0 Å². The second-order valence-corrected chi connectivity index (χ2v) is 12.2. The Balaban J connectivity index is 1.53. The summed E-state index contributed by atoms with van der Waals surface area (Å²) in [4.78, 5) is 33.8. The number of hydrogen-bond donors (Lipinski definition) is 0. The number of carbonyl (C=O) groups excluding carboxylic acids is 1. The molecule has 208 valence electrons. The van der Waals surface area contributed by atoms with Crippen molar-refractivity contribution in [3.05, 3.63) is 109 Å². The van der Waals surface area contributed by atoms with Crippen molar-refractivity contribution in [2.75, 3.05) is 6.26 Å². The highest BCUT2D eigenvalue weighted by Gasteiger charge is 2.33. The Hall–Kier alpha value is -3.88. The third-order valence-corrected chi connectivity index (χ3v) is 9.15. The number of hydrogen-bond acceptors (Lipinski definition) is 6. The molecular formula is C33H31N3O3S2. The zero-order valence-electron chi connectivity index (χ0n) is 23.7. The topological polar surface area (TPSA) is 65.6 Å². The molecule has 0 saturated carbocycles. The number of aromatic nitrogens is 2. The van der Waals surface area contributed by atoms with E-state index in [9.17, 15) is 9.59 Å². The number of aryl methyl sites for hydroxylation is 1. The average Bonchev–Trinajstić information content (AvgIpc) is 3.45. The summed E-state index contributed by atoms with van der Waals surface area (Å²) < 4.78 is 10.1. The van der Waals surface area contributed by atoms with Crippen LogP contribution in [0.3, 0.4) is 0 Å². The molecule has 8 heteroatoms. The molecule has 0 saturated heterocycles. The molecule has 1 aliphatic rings. The molecule has 2 aromatic heterocycles. The number of rotatable bonds is 6. The zero-order chi connectivity index (χ0) is 28.8. The molecule has 0 unspecified atom stereocenters. The van der Waals surface area contributed by atoms with E-state index in [-0.39, 0.29) is 11.7 Å². The highest BCUT2D eigenvalue weighted by Crippen LogP contribution is 2.32. The number of fused-ring (bicyclic) bond motifs is 4. The van der Waals surface area contributed by atoms with Crippen LogP contribution in [0.5, 0.6) is 0 Å². The molecule has 6 rings (SSSR count). The van der Waals surface area contributed by atoms with E-state index in [0.717, 1.165) is 28.0 Å². The summed E-state index contributed by atoms with van der Waals surface area (Å²) in [5.74, 6) is -0.452. The van der Waals surface area contributed by atoms with Crippen molar-refractivity contribution in [2.45, 2.75) is 51.3 Å². The largest absolute Gasteiger partial charge is 0.459 e. The first-order chi connectivity index (χ1) is 19.8. The first-order valence-corrected chi connectivity index (χ1v) is 15.7. The monoisotopic (exact) mass is 581 g/mol. The van der Waals surface area contributed by atoms with E-state index < -0.39 is 12.0 Å². The molecule has 0 spiro atoms. The van der Waals surface area contributed by atoms with Crippen molar-refractivity contribution >= 4 is 56.9 Å². The Kier molecular flexibility index (Phi) is 7.21. The summed E-state index contributed by atoms with van der Waals surface area (Å²) in [6, 6.07) is 22.1. The van der Waals surface area contributed by atoms with Crippen molar-refractivity contribution in [2.24, 2.45) is 4.99 Å². The first kappa shape index (κ1) is 27.3. The van der Waals surface area contributed by atoms with Crippen LogP contribution in [-0.4, -0.2) is 27.5 Å². The molecule has 41 heavy (non-hydrogen) atoms. The summed E-state index contributed by atoms with van der Waals surface area (Å²) in [5.41, 5.74) is 4.94. The van der Waals surface area contributed by atoms with E-state index in [2.05, 4.69) is 54.0 Å². The van der Waals surface area contributed by atoms with Crippen LogP contribution in [0.15, 0.2) is 92.7 Å². The highest BCUT2D eigenvalue weighted by atomic mass is 32.2. The van der Waals surface area contributed by atoms with Gasteiger partial charge in [0.2, 0.25) is 0 Å². The van der Waals surface area contributed by atoms with Crippen LogP contribution in [0.1, 0.15) is 44.9 Å². The number of esters is 1. The molecular weight excluding hydrogens is 551 g/mol. The van der Waals surface area contributed by atoms with Crippen molar-refractivity contribution in [1.29, 1.82) is 0 Å². The van der Waals surface area contributed by atoms with E-state index in [1.165, 1.54) is 27.8 Å². The smallest absolute Gasteiger partial charge is 0.338 e. The lowest BCUT2D eigenvalue weighted by molar-refractivity contribution is -0.143. The molecule has 0 radical (unpaired) electrons. The van der Waals surface area contributed by atoms with Gasteiger partial charge in [0.25, 0.3) is 5.56 Å². The van der Waals surface area contributed by atoms with E-state index in [4.69, 9.17) is 9.73 Å². The molecule has 0 amide bonds. The minimum atomic E-state index is -0.624. The van der Waals surface area contributed by atoms with Gasteiger partial charge in [0.1, 0.15) is 0 Å². The van der Waals surface area contributed by atoms with Gasteiger partial charge in [0, 0.05) is 33.2 Å². The van der Waals surface area contributed by atoms with Gasteiger partial charge in [-0.05, 0) is 81.5 Å². The van der Waals surface area contributed by atoms with Crippen molar-refractivity contribution in [1.82, 2.24) is 9.13 Å². The predicted octanol–water partition coefficient (Wildman–Crippen LogP) is 6.04. The van der Waals surface area contributed by atoms with Crippen LogP contribution in [0, 0.1) is 0 Å². The van der Waals surface area contributed by atoms with E-state index >= 15 is 0 Å². The molecule has 3 heterocycles. The number of thiazole rings is 1. The van der Waals surface area contributed by atoms with Crippen LogP contribution < -0.4 is 14.9 Å². The SMILES string of the molecule is CCn1c2ccccc2c2cc(/C=c3/sc4n(c3=O)[C@H](c3ccc(SC)cc3)C(C(=O)OC(C)C)=C(C)N=4)ccc21. The van der Waals surface area contributed by atoms with Crippen molar-refractivity contribution < 1.29 is 9.53 Å². The maximum absolute atomic E-state index is 14.0. The summed E-state index contributed by atoms with van der Waals surface area (Å²) in [7, 11) is 0. The van der Waals surface area contributed by atoms with Crippen LogP contribution in [0.4, 0.5) is 0 Å². The molecule has 5 aromatic rings. The maximum Gasteiger partial charge on any atom is 0.338 e. The Morgan fingerprint density at radius 3 is 2.51 bits per heavy atom. The number of para-hydroxylation sites is 1. The van der Waals surface area contributed by atoms with E-state index in [1.807, 2.05) is 57.4 Å². The van der Waals surface area contributed by atoms with Crippen LogP contribution in [0.2, 0.25) is 0 Å². The number of nitrogens with zero attached hydrogens (tertiary/aromatic N) is 3. The second kappa shape index (κ2) is 10.8. The van der Waals surface area contributed by atoms with Gasteiger partial charge >= 0.3 is 5.97 Å². The van der Waals surface area contributed by atoms with E-state index in [1.54, 1.807) is 16.3 Å². The fourth-order valence-electron chi connectivity index (χ4n) is 5.61. The fourth-order valence-corrected chi connectivity index (χ4v) is 7.07. The average molecular weight is 582 g/mol. The third-order valence-electron chi connectivity index (χ3n) is 7.43. The summed E-state index contributed by atoms with van der Waals surface area (Å²) in [6.45, 7) is 8.48. The van der Waals surface area contributed by atoms with Gasteiger partial charge < -0.3 is 9.30 Å². The Morgan fingerprint density at radius 2 is 1.80 bits per heavy atom. The fraction of sp³-hybridized carbons (Fsp3) is 0.242. The maximum atomic E-state index is 14.0. The molecule has 0 fully saturated rings. The Morgan fingerprint density at radius 1 is 1.07 bits per heavy atom. The Bertz CT molecular complexity index is 2030. The highest BCUT2D eigenvalue weighted by molar-refractivity contribution is 7.98. The van der Waals surface area contributed by atoms with Gasteiger partial charge in [-0.25, -0.2) is 9.79 Å². The van der Waals surface area contributed by atoms with Crippen LogP contribution in [0.25, 0.3) is 27.9 Å². The van der Waals surface area contributed by atoms with Gasteiger partial charge in [-0.15, -0.1) is 11.8 Å². The minimum Gasteiger partial charge on any atom is -0.459 e. The van der Waals surface area contributed by atoms with Gasteiger partial charge in [0.05, 0.1) is 27.9 Å². The quantitative estimate of drug-likeness (QED) is 0.181. The number of carbonyl (C=O) groups is 1. The zero-order valence-corrected chi connectivity index (χ0v) is 25.3. The summed E-state index contributed by atoms with van der Waals surface area (Å²) in [5, 5.41) is 2.35. The van der Waals surface area contributed by atoms with Gasteiger partial charge in [-0.1, -0.05) is 47.7 Å². The third kappa shape index (κ3) is 4.75. The molecule has 0 N–H and O–H groups in total. The number of benzene rings is 3. The molecule has 0 aliphatic carbocycles. The standard InChI is InChI=1S/C33H31N3O3S2/c1-6-35-26-10-8-7-9-24(26)25-17-21(11-16-27(25)35)18-28-31(37)36-30(22-12-14-23(40-5)15-13-22)29(32(38)39-19(2)3)20(4)34-33(36)41-28/h7-19,30H,6H2,1-5H3/b28-18+/t30-/m1/s1. The summed E-state index contributed by atoms with van der Waals surface area (Å²) in [6.07, 6.45) is 3.66.